The van der Waals surface area contributed by atoms with Crippen molar-refractivity contribution in [3.63, 3.8) is 0 Å². The Kier molecular flexibility index (Phi) is 6.43. The molecule has 0 saturated heterocycles. The number of carbonyl (C=O) groups is 2. The average Bonchev–Trinajstić information content (AvgIpc) is 2.87. The zero-order valence-electron chi connectivity index (χ0n) is 12.2. The Hall–Kier alpha value is -1.16. The summed E-state index contributed by atoms with van der Waals surface area (Å²) in [5, 5.41) is 2.89. The molecule has 1 aliphatic carbocycles. The van der Waals surface area contributed by atoms with Gasteiger partial charge in [-0.15, -0.1) is 0 Å². The molecule has 1 saturated carbocycles. The van der Waals surface area contributed by atoms with E-state index in [1.807, 2.05) is 24.3 Å². The monoisotopic (exact) mass is 351 g/mol. The van der Waals surface area contributed by atoms with Crippen LogP contribution in [0, 0.1) is 5.92 Å². The first kappa shape index (κ1) is 16.2. The number of anilines is 1. The van der Waals surface area contributed by atoms with Crippen LogP contribution in [0.5, 0.6) is 0 Å². The first-order valence-electron chi connectivity index (χ1n) is 7.73. The number of benzene rings is 1. The predicted molar refractivity (Wildman–Crippen MR) is 88.2 cm³/mol. The first-order valence-corrected chi connectivity index (χ1v) is 8.52. The van der Waals surface area contributed by atoms with Crippen LogP contribution in [0.1, 0.15) is 51.4 Å². The lowest BCUT2D eigenvalue weighted by Gasteiger charge is -2.08. The molecule has 2 rings (SSSR count). The van der Waals surface area contributed by atoms with Crippen molar-refractivity contribution in [2.24, 2.45) is 5.92 Å². The van der Waals surface area contributed by atoms with Gasteiger partial charge in [0.05, 0.1) is 0 Å². The van der Waals surface area contributed by atoms with Crippen LogP contribution in [0.4, 0.5) is 5.69 Å². The van der Waals surface area contributed by atoms with Crippen molar-refractivity contribution in [1.82, 2.24) is 0 Å². The minimum absolute atomic E-state index is 0.0641. The fourth-order valence-electron chi connectivity index (χ4n) is 2.80. The summed E-state index contributed by atoms with van der Waals surface area (Å²) in [5.74, 6) is 0.818. The SMILES string of the molecule is O=C(CCCCCC1CCCC1=O)Nc1ccc(Br)cc1. The summed E-state index contributed by atoms with van der Waals surface area (Å²) in [6.45, 7) is 0. The smallest absolute Gasteiger partial charge is 0.224 e. The third-order valence-electron chi connectivity index (χ3n) is 4.02. The Labute approximate surface area is 134 Å². The second-order valence-electron chi connectivity index (χ2n) is 5.71. The van der Waals surface area contributed by atoms with Crippen molar-refractivity contribution in [2.45, 2.75) is 51.4 Å². The second kappa shape index (κ2) is 8.32. The van der Waals surface area contributed by atoms with Gasteiger partial charge in [-0.25, -0.2) is 0 Å². The minimum atomic E-state index is 0.0641. The summed E-state index contributed by atoms with van der Waals surface area (Å²) < 4.78 is 1.00. The van der Waals surface area contributed by atoms with Crippen molar-refractivity contribution in [3.8, 4) is 0 Å². The van der Waals surface area contributed by atoms with Gasteiger partial charge >= 0.3 is 0 Å². The summed E-state index contributed by atoms with van der Waals surface area (Å²) in [6.07, 6.45) is 7.45. The largest absolute Gasteiger partial charge is 0.326 e. The highest BCUT2D eigenvalue weighted by Crippen LogP contribution is 2.26. The summed E-state index contributed by atoms with van der Waals surface area (Å²) in [6, 6.07) is 7.59. The van der Waals surface area contributed by atoms with E-state index in [0.717, 1.165) is 55.1 Å². The normalized spacial score (nSPS) is 18.0. The lowest BCUT2D eigenvalue weighted by molar-refractivity contribution is -0.121. The van der Waals surface area contributed by atoms with E-state index in [2.05, 4.69) is 21.2 Å². The lowest BCUT2D eigenvalue weighted by atomic mass is 9.98. The van der Waals surface area contributed by atoms with Gasteiger partial charge in [0, 0.05) is 28.9 Å². The maximum absolute atomic E-state index is 11.8. The van der Waals surface area contributed by atoms with Crippen molar-refractivity contribution in [1.29, 1.82) is 0 Å². The topological polar surface area (TPSA) is 46.2 Å². The third-order valence-corrected chi connectivity index (χ3v) is 4.54. The van der Waals surface area contributed by atoms with Gasteiger partial charge in [0.25, 0.3) is 0 Å². The zero-order chi connectivity index (χ0) is 15.1. The van der Waals surface area contributed by atoms with Gasteiger partial charge in [-0.2, -0.15) is 0 Å². The van der Waals surface area contributed by atoms with Crippen LogP contribution < -0.4 is 5.32 Å². The van der Waals surface area contributed by atoms with Gasteiger partial charge < -0.3 is 5.32 Å². The van der Waals surface area contributed by atoms with E-state index < -0.39 is 0 Å². The van der Waals surface area contributed by atoms with E-state index in [1.165, 1.54) is 0 Å². The highest BCUT2D eigenvalue weighted by molar-refractivity contribution is 9.10. The first-order chi connectivity index (χ1) is 10.1. The van der Waals surface area contributed by atoms with E-state index >= 15 is 0 Å². The van der Waals surface area contributed by atoms with Gasteiger partial charge in [-0.05, 0) is 49.9 Å². The van der Waals surface area contributed by atoms with Crippen molar-refractivity contribution < 1.29 is 9.59 Å². The van der Waals surface area contributed by atoms with Crippen LogP contribution in [0.15, 0.2) is 28.7 Å². The molecule has 1 fully saturated rings. The summed E-state index contributed by atoms with van der Waals surface area (Å²) in [5.41, 5.74) is 0.833. The zero-order valence-corrected chi connectivity index (χ0v) is 13.8. The number of unbranched alkanes of at least 4 members (excludes halogenated alkanes) is 2. The summed E-state index contributed by atoms with van der Waals surface area (Å²) in [4.78, 5) is 23.3. The van der Waals surface area contributed by atoms with E-state index in [-0.39, 0.29) is 5.91 Å². The molecule has 1 aromatic carbocycles. The fourth-order valence-corrected chi connectivity index (χ4v) is 3.07. The number of nitrogens with one attached hydrogen (secondary N) is 1. The van der Waals surface area contributed by atoms with Crippen LogP contribution in [0.2, 0.25) is 0 Å². The van der Waals surface area contributed by atoms with Crippen LogP contribution in [0.25, 0.3) is 0 Å². The average molecular weight is 352 g/mol. The molecule has 4 heteroatoms. The molecule has 1 unspecified atom stereocenters. The van der Waals surface area contributed by atoms with Gasteiger partial charge in [-0.3, -0.25) is 9.59 Å². The van der Waals surface area contributed by atoms with Gasteiger partial charge in [-0.1, -0.05) is 28.8 Å². The number of amides is 1. The number of hydrogen-bond acceptors (Lipinski definition) is 2. The molecule has 1 N–H and O–H groups in total. The van der Waals surface area contributed by atoms with Gasteiger partial charge in [0.15, 0.2) is 0 Å². The Morgan fingerprint density at radius 1 is 1.19 bits per heavy atom. The molecule has 0 aliphatic heterocycles. The standard InChI is InChI=1S/C17H22BrNO2/c18-14-9-11-15(12-10-14)19-17(21)8-3-1-2-5-13-6-4-7-16(13)20/h9-13H,1-8H2,(H,19,21). The highest BCUT2D eigenvalue weighted by Gasteiger charge is 2.23. The fraction of sp³-hybridized carbons (Fsp3) is 0.529. The quantitative estimate of drug-likeness (QED) is 0.723. The minimum Gasteiger partial charge on any atom is -0.326 e. The molecular weight excluding hydrogens is 330 g/mol. The van der Waals surface area contributed by atoms with E-state index in [4.69, 9.17) is 0 Å². The van der Waals surface area contributed by atoms with Gasteiger partial charge in [0.2, 0.25) is 5.91 Å². The molecule has 3 nitrogen and oxygen atoms in total. The van der Waals surface area contributed by atoms with Gasteiger partial charge in [0.1, 0.15) is 5.78 Å². The Bertz CT molecular complexity index is 484. The molecule has 1 amide bonds. The maximum atomic E-state index is 11.8. The number of Topliss-reactive ketones (excluding diaryl/α,β-unsaturated/α-hetero) is 1. The third kappa shape index (κ3) is 5.62. The number of carbonyl (C=O) groups excluding carboxylic acids is 2. The maximum Gasteiger partial charge on any atom is 0.224 e. The molecule has 0 heterocycles. The molecule has 21 heavy (non-hydrogen) atoms. The second-order valence-corrected chi connectivity index (χ2v) is 6.63. The molecule has 1 aliphatic rings. The molecule has 0 radical (unpaired) electrons. The van der Waals surface area contributed by atoms with E-state index in [0.29, 0.717) is 18.1 Å². The van der Waals surface area contributed by atoms with E-state index in [9.17, 15) is 9.59 Å². The molecule has 1 atom stereocenters. The number of halogens is 1. The van der Waals surface area contributed by atoms with Crippen LogP contribution in [-0.2, 0) is 9.59 Å². The molecule has 0 aromatic heterocycles. The number of hydrogen-bond donors (Lipinski definition) is 1. The van der Waals surface area contributed by atoms with Crippen molar-refractivity contribution >= 4 is 33.3 Å². The number of ketones is 1. The van der Waals surface area contributed by atoms with Crippen LogP contribution in [-0.4, -0.2) is 11.7 Å². The van der Waals surface area contributed by atoms with Crippen LogP contribution in [0.3, 0.4) is 0 Å². The summed E-state index contributed by atoms with van der Waals surface area (Å²) >= 11 is 3.37. The lowest BCUT2D eigenvalue weighted by Crippen LogP contribution is -2.11. The molecule has 1 aromatic rings. The number of rotatable bonds is 7. The van der Waals surface area contributed by atoms with Crippen molar-refractivity contribution in [3.05, 3.63) is 28.7 Å². The Balaban J connectivity index is 1.57. The van der Waals surface area contributed by atoms with Crippen molar-refractivity contribution in [2.75, 3.05) is 5.32 Å². The molecule has 114 valence electrons. The van der Waals surface area contributed by atoms with Crippen LogP contribution >= 0.6 is 15.9 Å². The highest BCUT2D eigenvalue weighted by atomic mass is 79.9. The molecule has 0 bridgehead atoms. The van der Waals surface area contributed by atoms with E-state index in [1.54, 1.807) is 0 Å². The Morgan fingerprint density at radius 2 is 1.95 bits per heavy atom. The summed E-state index contributed by atoms with van der Waals surface area (Å²) in [7, 11) is 0. The molecule has 0 spiro atoms. The Morgan fingerprint density at radius 3 is 2.62 bits per heavy atom. The predicted octanol–water partition coefficient (Wildman–Crippen LogP) is 4.71. The molecular formula is C17H22BrNO2.